The van der Waals surface area contributed by atoms with E-state index in [9.17, 15) is 0 Å². The summed E-state index contributed by atoms with van der Waals surface area (Å²) >= 11 is 6.33. The lowest BCUT2D eigenvalue weighted by Gasteiger charge is -2.10. The first-order valence-electron chi connectivity index (χ1n) is 6.37. The minimum atomic E-state index is 0.601. The molecule has 0 amide bonds. The fraction of sp³-hybridized carbons (Fsp3) is 0.583. The van der Waals surface area contributed by atoms with Crippen molar-refractivity contribution in [3.05, 3.63) is 16.4 Å². The quantitative estimate of drug-likeness (QED) is 0.782. The summed E-state index contributed by atoms with van der Waals surface area (Å²) < 4.78 is 1.64. The van der Waals surface area contributed by atoms with Crippen LogP contribution in [-0.2, 0) is 6.42 Å². The average molecular weight is 266 g/mol. The maximum absolute atomic E-state index is 6.33. The van der Waals surface area contributed by atoms with Crippen LogP contribution in [0.2, 0.25) is 5.15 Å². The first-order chi connectivity index (χ1) is 8.70. The van der Waals surface area contributed by atoms with Gasteiger partial charge in [0.15, 0.2) is 0 Å². The van der Waals surface area contributed by atoms with E-state index in [0.29, 0.717) is 10.9 Å². The zero-order chi connectivity index (χ0) is 12.7. The molecule has 3 rings (SSSR count). The largest absolute Gasteiger partial charge is 0.339 e. The topological polar surface area (TPSA) is 46.3 Å². The highest BCUT2D eigenvalue weighted by atomic mass is 35.5. The minimum Gasteiger partial charge on any atom is -0.339 e. The molecule has 2 aromatic heterocycles. The number of aryl methyl sites for hydroxylation is 1. The molecule has 1 aliphatic rings. The molecule has 0 bridgehead atoms. The average Bonchev–Trinajstić information content (AvgIpc) is 3.01. The Morgan fingerprint density at radius 3 is 2.61 bits per heavy atom. The number of hydrogen-bond acceptors (Lipinski definition) is 4. The number of fused-ring (bicyclic) bond motifs is 1. The van der Waals surface area contributed by atoms with Crippen molar-refractivity contribution in [3.8, 4) is 0 Å². The highest BCUT2D eigenvalue weighted by Crippen LogP contribution is 2.22. The van der Waals surface area contributed by atoms with Crippen LogP contribution in [0.3, 0.4) is 0 Å². The first-order valence-corrected chi connectivity index (χ1v) is 6.75. The van der Waals surface area contributed by atoms with E-state index < -0.39 is 0 Å². The Morgan fingerprint density at radius 2 is 1.94 bits per heavy atom. The van der Waals surface area contributed by atoms with Crippen LogP contribution in [0.4, 0.5) is 5.95 Å². The molecule has 0 aromatic carbocycles. The zero-order valence-electron chi connectivity index (χ0n) is 10.6. The standard InChI is InChI=1S/C12H16ClN5/c1-3-9-8(2)10(13)18-11(14-9)15-12(16-18)17-6-4-5-7-17/h3-7H2,1-2H3. The molecule has 1 aliphatic heterocycles. The van der Waals surface area contributed by atoms with E-state index in [1.165, 1.54) is 12.8 Å². The van der Waals surface area contributed by atoms with Gasteiger partial charge in [-0.3, -0.25) is 0 Å². The zero-order valence-corrected chi connectivity index (χ0v) is 11.4. The van der Waals surface area contributed by atoms with Gasteiger partial charge in [-0.15, -0.1) is 5.10 Å². The van der Waals surface area contributed by atoms with Gasteiger partial charge in [0, 0.05) is 18.7 Å². The third-order valence-electron chi connectivity index (χ3n) is 3.47. The van der Waals surface area contributed by atoms with Crippen molar-refractivity contribution in [3.63, 3.8) is 0 Å². The number of anilines is 1. The Kier molecular flexibility index (Phi) is 2.86. The summed E-state index contributed by atoms with van der Waals surface area (Å²) in [6.07, 6.45) is 3.26. The molecule has 5 nitrogen and oxygen atoms in total. The van der Waals surface area contributed by atoms with Crippen LogP contribution >= 0.6 is 11.6 Å². The molecule has 0 unspecified atom stereocenters. The maximum atomic E-state index is 6.33. The summed E-state index contributed by atoms with van der Waals surface area (Å²) in [5.74, 6) is 1.35. The van der Waals surface area contributed by atoms with Gasteiger partial charge in [0.1, 0.15) is 5.15 Å². The van der Waals surface area contributed by atoms with Crippen LogP contribution in [-0.4, -0.2) is 32.7 Å². The molecule has 96 valence electrons. The van der Waals surface area contributed by atoms with Gasteiger partial charge in [-0.25, -0.2) is 4.98 Å². The Morgan fingerprint density at radius 1 is 1.22 bits per heavy atom. The molecular formula is C12H16ClN5. The van der Waals surface area contributed by atoms with Gasteiger partial charge in [-0.05, 0) is 26.2 Å². The summed E-state index contributed by atoms with van der Waals surface area (Å²) in [7, 11) is 0. The van der Waals surface area contributed by atoms with E-state index >= 15 is 0 Å². The SMILES string of the molecule is CCc1nc2nc(N3CCCC3)nn2c(Cl)c1C. The van der Waals surface area contributed by atoms with Crippen LogP contribution in [0.15, 0.2) is 0 Å². The lowest BCUT2D eigenvalue weighted by Crippen LogP contribution is -2.19. The second-order valence-corrected chi connectivity index (χ2v) is 5.00. The highest BCUT2D eigenvalue weighted by molar-refractivity contribution is 6.30. The molecule has 6 heteroatoms. The minimum absolute atomic E-state index is 0.601. The summed E-state index contributed by atoms with van der Waals surface area (Å²) in [6, 6.07) is 0. The molecule has 0 aliphatic carbocycles. The van der Waals surface area contributed by atoms with Crippen LogP contribution in [0.1, 0.15) is 31.0 Å². The third-order valence-corrected chi connectivity index (χ3v) is 3.91. The van der Waals surface area contributed by atoms with Gasteiger partial charge in [0.05, 0.1) is 5.69 Å². The molecule has 1 saturated heterocycles. The van der Waals surface area contributed by atoms with E-state index in [1.54, 1.807) is 4.52 Å². The molecule has 1 fully saturated rings. The maximum Gasteiger partial charge on any atom is 0.255 e. The number of hydrogen-bond donors (Lipinski definition) is 0. The van der Waals surface area contributed by atoms with Crippen molar-refractivity contribution in [1.29, 1.82) is 0 Å². The second kappa shape index (κ2) is 4.39. The number of halogens is 1. The summed E-state index contributed by atoms with van der Waals surface area (Å²) in [6.45, 7) is 6.09. The molecule has 0 N–H and O–H groups in total. The molecule has 3 heterocycles. The Balaban J connectivity index is 2.13. The molecule has 18 heavy (non-hydrogen) atoms. The van der Waals surface area contributed by atoms with Crippen LogP contribution in [0.5, 0.6) is 0 Å². The number of nitrogens with zero attached hydrogens (tertiary/aromatic N) is 5. The first kappa shape index (κ1) is 11.7. The van der Waals surface area contributed by atoms with Crippen LogP contribution < -0.4 is 4.90 Å². The Hall–Kier alpha value is -1.36. The van der Waals surface area contributed by atoms with Gasteiger partial charge in [-0.1, -0.05) is 18.5 Å². The van der Waals surface area contributed by atoms with Crippen molar-refractivity contribution in [2.75, 3.05) is 18.0 Å². The van der Waals surface area contributed by atoms with Crippen molar-refractivity contribution in [1.82, 2.24) is 19.6 Å². The lowest BCUT2D eigenvalue weighted by atomic mass is 10.2. The number of rotatable bonds is 2. The van der Waals surface area contributed by atoms with Gasteiger partial charge >= 0.3 is 0 Å². The summed E-state index contributed by atoms with van der Waals surface area (Å²) in [5.41, 5.74) is 1.98. The van der Waals surface area contributed by atoms with Crippen molar-refractivity contribution < 1.29 is 0 Å². The fourth-order valence-electron chi connectivity index (χ4n) is 2.38. The predicted octanol–water partition coefficient (Wildman–Crippen LogP) is 2.25. The van der Waals surface area contributed by atoms with Crippen LogP contribution in [0, 0.1) is 6.92 Å². The van der Waals surface area contributed by atoms with Gasteiger partial charge in [0.25, 0.3) is 5.78 Å². The van der Waals surface area contributed by atoms with Crippen molar-refractivity contribution in [2.45, 2.75) is 33.1 Å². The molecule has 0 atom stereocenters. The van der Waals surface area contributed by atoms with Crippen molar-refractivity contribution in [2.24, 2.45) is 0 Å². The van der Waals surface area contributed by atoms with Gasteiger partial charge in [-0.2, -0.15) is 9.50 Å². The Labute approximate surface area is 111 Å². The van der Waals surface area contributed by atoms with Gasteiger partial charge in [0.2, 0.25) is 5.95 Å². The smallest absolute Gasteiger partial charge is 0.255 e. The van der Waals surface area contributed by atoms with E-state index in [1.807, 2.05) is 6.92 Å². The van der Waals surface area contributed by atoms with E-state index in [2.05, 4.69) is 26.9 Å². The van der Waals surface area contributed by atoms with Crippen LogP contribution in [0.25, 0.3) is 5.78 Å². The normalized spacial score (nSPS) is 15.8. The van der Waals surface area contributed by atoms with E-state index in [4.69, 9.17) is 11.6 Å². The third kappa shape index (κ3) is 1.73. The van der Waals surface area contributed by atoms with Gasteiger partial charge < -0.3 is 4.90 Å². The second-order valence-electron chi connectivity index (χ2n) is 4.65. The lowest BCUT2D eigenvalue weighted by molar-refractivity contribution is 0.859. The molecule has 2 aromatic rings. The highest BCUT2D eigenvalue weighted by Gasteiger charge is 2.19. The summed E-state index contributed by atoms with van der Waals surface area (Å²) in [5, 5.41) is 5.09. The fourth-order valence-corrected chi connectivity index (χ4v) is 2.60. The van der Waals surface area contributed by atoms with Crippen molar-refractivity contribution >= 4 is 23.3 Å². The summed E-state index contributed by atoms with van der Waals surface area (Å²) in [4.78, 5) is 11.2. The monoisotopic (exact) mass is 265 g/mol. The predicted molar refractivity (Wildman–Crippen MR) is 71.4 cm³/mol. The Bertz CT molecular complexity index is 586. The molecular weight excluding hydrogens is 250 g/mol. The number of aromatic nitrogens is 4. The van der Waals surface area contributed by atoms with E-state index in [-0.39, 0.29) is 0 Å². The molecule has 0 spiro atoms. The van der Waals surface area contributed by atoms with E-state index in [0.717, 1.165) is 36.7 Å². The molecule has 0 saturated carbocycles. The molecule has 0 radical (unpaired) electrons.